The SMILES string of the molecule is CC(C)CCCN1CCC(C)(c2ccccn2)CC1. The van der Waals surface area contributed by atoms with Crippen molar-refractivity contribution >= 4 is 0 Å². The molecule has 1 aliphatic heterocycles. The quantitative estimate of drug-likeness (QED) is 0.799. The Kier molecular flexibility index (Phi) is 4.98. The molecule has 1 aliphatic rings. The van der Waals surface area contributed by atoms with Crippen molar-refractivity contribution in [2.45, 2.75) is 51.9 Å². The van der Waals surface area contributed by atoms with Crippen molar-refractivity contribution in [3.63, 3.8) is 0 Å². The van der Waals surface area contributed by atoms with Crippen molar-refractivity contribution in [1.82, 2.24) is 9.88 Å². The summed E-state index contributed by atoms with van der Waals surface area (Å²) >= 11 is 0. The van der Waals surface area contributed by atoms with E-state index < -0.39 is 0 Å². The fraction of sp³-hybridized carbons (Fsp3) is 0.706. The predicted octanol–water partition coefficient (Wildman–Crippen LogP) is 3.87. The van der Waals surface area contributed by atoms with Gasteiger partial charge in [-0.1, -0.05) is 26.8 Å². The Morgan fingerprint density at radius 2 is 2.00 bits per heavy atom. The van der Waals surface area contributed by atoms with Gasteiger partial charge in [-0.05, 0) is 63.4 Å². The Morgan fingerprint density at radius 3 is 2.58 bits per heavy atom. The molecule has 2 heterocycles. The molecule has 0 spiro atoms. The number of pyridine rings is 1. The summed E-state index contributed by atoms with van der Waals surface area (Å²) in [5.74, 6) is 0.837. The third kappa shape index (κ3) is 4.04. The van der Waals surface area contributed by atoms with Gasteiger partial charge < -0.3 is 4.90 Å². The smallest absolute Gasteiger partial charge is 0.0463 e. The predicted molar refractivity (Wildman–Crippen MR) is 81.3 cm³/mol. The lowest BCUT2D eigenvalue weighted by Gasteiger charge is -2.39. The second kappa shape index (κ2) is 6.51. The van der Waals surface area contributed by atoms with E-state index in [0.29, 0.717) is 0 Å². The molecule has 0 amide bonds. The maximum Gasteiger partial charge on any atom is 0.0463 e. The van der Waals surface area contributed by atoms with E-state index in [9.17, 15) is 0 Å². The van der Waals surface area contributed by atoms with Crippen LogP contribution in [0.5, 0.6) is 0 Å². The molecule has 2 rings (SSSR count). The van der Waals surface area contributed by atoms with Crippen LogP contribution in [-0.4, -0.2) is 29.5 Å². The molecule has 2 heteroatoms. The number of hydrogen-bond donors (Lipinski definition) is 0. The number of hydrogen-bond acceptors (Lipinski definition) is 2. The van der Waals surface area contributed by atoms with Gasteiger partial charge in [-0.25, -0.2) is 0 Å². The molecule has 19 heavy (non-hydrogen) atoms. The highest BCUT2D eigenvalue weighted by molar-refractivity contribution is 5.16. The van der Waals surface area contributed by atoms with Crippen molar-refractivity contribution in [1.29, 1.82) is 0 Å². The number of likely N-dealkylation sites (tertiary alicyclic amines) is 1. The Labute approximate surface area is 118 Å². The van der Waals surface area contributed by atoms with Crippen molar-refractivity contribution in [2.75, 3.05) is 19.6 Å². The Balaban J connectivity index is 1.82. The van der Waals surface area contributed by atoms with Crippen molar-refractivity contribution in [3.05, 3.63) is 30.1 Å². The standard InChI is InChI=1S/C17H28N2/c1-15(2)7-6-12-19-13-9-17(3,10-14-19)16-8-4-5-11-18-16/h4-5,8,11,15H,6-7,9-10,12-14H2,1-3H3. The van der Waals surface area contributed by atoms with Crippen LogP contribution in [0.1, 0.15) is 52.1 Å². The minimum atomic E-state index is 0.288. The average molecular weight is 260 g/mol. The second-order valence-electron chi connectivity index (χ2n) is 6.65. The van der Waals surface area contributed by atoms with Crippen molar-refractivity contribution in [2.24, 2.45) is 5.92 Å². The van der Waals surface area contributed by atoms with Crippen LogP contribution >= 0.6 is 0 Å². The molecule has 2 nitrogen and oxygen atoms in total. The summed E-state index contributed by atoms with van der Waals surface area (Å²) in [5.41, 5.74) is 1.56. The first kappa shape index (κ1) is 14.5. The molecule has 1 aromatic heterocycles. The van der Waals surface area contributed by atoms with Gasteiger partial charge in [0.15, 0.2) is 0 Å². The van der Waals surface area contributed by atoms with Crippen LogP contribution in [0.25, 0.3) is 0 Å². The number of piperidine rings is 1. The summed E-state index contributed by atoms with van der Waals surface area (Å²) in [6.45, 7) is 10.7. The molecule has 0 aromatic carbocycles. The van der Waals surface area contributed by atoms with Crippen molar-refractivity contribution in [3.8, 4) is 0 Å². The van der Waals surface area contributed by atoms with Gasteiger partial charge in [-0.3, -0.25) is 4.98 Å². The van der Waals surface area contributed by atoms with Crippen LogP contribution in [0, 0.1) is 5.92 Å². The maximum absolute atomic E-state index is 4.57. The highest BCUT2D eigenvalue weighted by Gasteiger charge is 2.32. The molecule has 0 bridgehead atoms. The Morgan fingerprint density at radius 1 is 1.26 bits per heavy atom. The molecule has 0 N–H and O–H groups in total. The van der Waals surface area contributed by atoms with E-state index in [0.717, 1.165) is 5.92 Å². The summed E-state index contributed by atoms with van der Waals surface area (Å²) < 4.78 is 0. The highest BCUT2D eigenvalue weighted by Crippen LogP contribution is 2.33. The first-order chi connectivity index (χ1) is 9.10. The summed E-state index contributed by atoms with van der Waals surface area (Å²) in [6.07, 6.45) is 7.11. The third-order valence-electron chi connectivity index (χ3n) is 4.50. The monoisotopic (exact) mass is 260 g/mol. The van der Waals surface area contributed by atoms with Gasteiger partial charge in [0.25, 0.3) is 0 Å². The molecule has 1 aromatic rings. The third-order valence-corrected chi connectivity index (χ3v) is 4.50. The number of aromatic nitrogens is 1. The summed E-state index contributed by atoms with van der Waals surface area (Å²) in [5, 5.41) is 0. The van der Waals surface area contributed by atoms with E-state index in [-0.39, 0.29) is 5.41 Å². The molecule has 0 unspecified atom stereocenters. The zero-order valence-corrected chi connectivity index (χ0v) is 12.7. The molecule has 1 saturated heterocycles. The molecular weight excluding hydrogens is 232 g/mol. The van der Waals surface area contributed by atoms with E-state index in [1.807, 2.05) is 12.3 Å². The second-order valence-corrected chi connectivity index (χ2v) is 6.65. The van der Waals surface area contributed by atoms with Crippen LogP contribution in [0.2, 0.25) is 0 Å². The van der Waals surface area contributed by atoms with Crippen LogP contribution in [0.4, 0.5) is 0 Å². The lowest BCUT2D eigenvalue weighted by atomic mass is 9.77. The molecule has 0 radical (unpaired) electrons. The van der Waals surface area contributed by atoms with Crippen LogP contribution in [0.3, 0.4) is 0 Å². The Bertz CT molecular complexity index is 364. The van der Waals surface area contributed by atoms with Gasteiger partial charge in [-0.15, -0.1) is 0 Å². The van der Waals surface area contributed by atoms with Crippen molar-refractivity contribution < 1.29 is 0 Å². The molecular formula is C17H28N2. The van der Waals surface area contributed by atoms with Crippen LogP contribution < -0.4 is 0 Å². The van der Waals surface area contributed by atoms with Gasteiger partial charge in [0.2, 0.25) is 0 Å². The molecule has 0 atom stereocenters. The average Bonchev–Trinajstić information content (AvgIpc) is 2.42. The lowest BCUT2D eigenvalue weighted by molar-refractivity contribution is 0.162. The minimum absolute atomic E-state index is 0.288. The van der Waals surface area contributed by atoms with E-state index in [4.69, 9.17) is 0 Å². The van der Waals surface area contributed by atoms with Crippen LogP contribution in [-0.2, 0) is 5.41 Å². The minimum Gasteiger partial charge on any atom is -0.303 e. The molecule has 0 saturated carbocycles. The Hall–Kier alpha value is -0.890. The number of rotatable bonds is 5. The zero-order valence-electron chi connectivity index (χ0n) is 12.7. The highest BCUT2D eigenvalue weighted by atomic mass is 15.1. The van der Waals surface area contributed by atoms with Gasteiger partial charge in [-0.2, -0.15) is 0 Å². The fourth-order valence-electron chi connectivity index (χ4n) is 2.97. The van der Waals surface area contributed by atoms with Gasteiger partial charge >= 0.3 is 0 Å². The summed E-state index contributed by atoms with van der Waals surface area (Å²) in [4.78, 5) is 7.20. The van der Waals surface area contributed by atoms with Gasteiger partial charge in [0.05, 0.1) is 0 Å². The lowest BCUT2D eigenvalue weighted by Crippen LogP contribution is -2.41. The fourth-order valence-corrected chi connectivity index (χ4v) is 2.97. The normalized spacial score (nSPS) is 19.8. The van der Waals surface area contributed by atoms with E-state index in [1.165, 1.54) is 51.0 Å². The van der Waals surface area contributed by atoms with Crippen LogP contribution in [0.15, 0.2) is 24.4 Å². The maximum atomic E-state index is 4.57. The van der Waals surface area contributed by atoms with E-state index in [2.05, 4.69) is 42.8 Å². The summed E-state index contributed by atoms with van der Waals surface area (Å²) in [6, 6.07) is 6.31. The first-order valence-electron chi connectivity index (χ1n) is 7.74. The van der Waals surface area contributed by atoms with E-state index in [1.54, 1.807) is 0 Å². The number of nitrogens with zero attached hydrogens (tertiary/aromatic N) is 2. The van der Waals surface area contributed by atoms with Gasteiger partial charge in [0, 0.05) is 17.3 Å². The summed E-state index contributed by atoms with van der Waals surface area (Å²) in [7, 11) is 0. The van der Waals surface area contributed by atoms with E-state index >= 15 is 0 Å². The molecule has 106 valence electrons. The first-order valence-corrected chi connectivity index (χ1v) is 7.74. The topological polar surface area (TPSA) is 16.1 Å². The molecule has 1 fully saturated rings. The largest absolute Gasteiger partial charge is 0.303 e. The van der Waals surface area contributed by atoms with Gasteiger partial charge in [0.1, 0.15) is 0 Å². The zero-order chi connectivity index (χ0) is 13.7. The molecule has 0 aliphatic carbocycles.